The van der Waals surface area contributed by atoms with Gasteiger partial charge in [0.25, 0.3) is 0 Å². The number of carboxylic acids is 1. The predicted molar refractivity (Wildman–Crippen MR) is 54.2 cm³/mol. The molecule has 0 aromatic rings. The number of nitrogens with zero attached hydrogens (tertiary/aromatic N) is 1. The van der Waals surface area contributed by atoms with Crippen LogP contribution < -0.4 is 0 Å². The van der Waals surface area contributed by atoms with Crippen LogP contribution in [-0.2, 0) is 9.53 Å². The molecule has 1 N–H and O–H groups in total. The summed E-state index contributed by atoms with van der Waals surface area (Å²) in [6.07, 6.45) is -0.768. The Kier molecular flexibility index (Phi) is 4.25. The number of thiol groups is 1. The zero-order valence-electron chi connectivity index (χ0n) is 8.64. The first-order valence-electron chi connectivity index (χ1n) is 4.09. The Morgan fingerprint density at radius 3 is 2.14 bits per heavy atom. The van der Waals surface area contributed by atoms with E-state index in [1.807, 2.05) is 0 Å². The summed E-state index contributed by atoms with van der Waals surface area (Å²) < 4.78 is 5.66. The maximum absolute atomic E-state index is 11.3. The predicted octanol–water partition coefficient (Wildman–Crippen LogP) is 1.54. The lowest BCUT2D eigenvalue weighted by Crippen LogP contribution is -2.40. The van der Waals surface area contributed by atoms with E-state index in [0.717, 1.165) is 4.31 Å². The van der Waals surface area contributed by atoms with Crippen molar-refractivity contribution in [1.82, 2.24) is 4.31 Å². The minimum atomic E-state index is -1.13. The van der Waals surface area contributed by atoms with E-state index in [1.165, 1.54) is 6.92 Å². The standard InChI is InChI=1S/C8H15NO4S/c1-5(6(10)11)9(14)7(12)13-8(2,3)4/h5,14H,1-4H3,(H,10,11)/t5-/m0/s1. The van der Waals surface area contributed by atoms with Crippen molar-refractivity contribution >= 4 is 24.9 Å². The van der Waals surface area contributed by atoms with Gasteiger partial charge in [-0.3, -0.25) is 0 Å². The molecule has 0 heterocycles. The van der Waals surface area contributed by atoms with Gasteiger partial charge < -0.3 is 9.84 Å². The molecule has 5 nitrogen and oxygen atoms in total. The molecule has 0 rings (SSSR count). The molecule has 1 atom stereocenters. The molecule has 14 heavy (non-hydrogen) atoms. The van der Waals surface area contributed by atoms with Gasteiger partial charge in [0.15, 0.2) is 0 Å². The Morgan fingerprint density at radius 1 is 1.43 bits per heavy atom. The van der Waals surface area contributed by atoms with Gasteiger partial charge in [0.1, 0.15) is 11.6 Å². The highest BCUT2D eigenvalue weighted by Gasteiger charge is 2.27. The third-order valence-electron chi connectivity index (χ3n) is 1.30. The molecule has 0 bridgehead atoms. The number of amides is 1. The molecule has 6 heteroatoms. The normalized spacial score (nSPS) is 13.2. The van der Waals surface area contributed by atoms with E-state index >= 15 is 0 Å². The van der Waals surface area contributed by atoms with Crippen LogP contribution in [0.4, 0.5) is 4.79 Å². The number of carbonyl (C=O) groups is 2. The second-order valence-electron chi connectivity index (χ2n) is 3.84. The Bertz CT molecular complexity index is 236. The molecule has 0 aliphatic carbocycles. The van der Waals surface area contributed by atoms with Crippen molar-refractivity contribution in [2.45, 2.75) is 39.3 Å². The van der Waals surface area contributed by atoms with Crippen molar-refractivity contribution in [2.24, 2.45) is 0 Å². The van der Waals surface area contributed by atoms with Crippen LogP contribution in [0.1, 0.15) is 27.7 Å². The second kappa shape index (κ2) is 4.54. The lowest BCUT2D eigenvalue weighted by molar-refractivity contribution is -0.140. The zero-order chi connectivity index (χ0) is 11.5. The van der Waals surface area contributed by atoms with Gasteiger partial charge in [-0.25, -0.2) is 13.9 Å². The van der Waals surface area contributed by atoms with E-state index in [0.29, 0.717) is 0 Å². The first-order chi connectivity index (χ1) is 6.15. The number of ether oxygens (including phenoxy) is 1. The molecular weight excluding hydrogens is 206 g/mol. The summed E-state index contributed by atoms with van der Waals surface area (Å²) in [4.78, 5) is 21.8. The van der Waals surface area contributed by atoms with E-state index in [-0.39, 0.29) is 0 Å². The van der Waals surface area contributed by atoms with Gasteiger partial charge in [-0.1, -0.05) is 12.8 Å². The monoisotopic (exact) mass is 221 g/mol. The smallest absolute Gasteiger partial charge is 0.421 e. The zero-order valence-corrected chi connectivity index (χ0v) is 9.54. The largest absolute Gasteiger partial charge is 0.480 e. The van der Waals surface area contributed by atoms with Gasteiger partial charge in [0.05, 0.1) is 0 Å². The third-order valence-corrected chi connectivity index (χ3v) is 1.81. The van der Waals surface area contributed by atoms with Crippen LogP contribution in [0, 0.1) is 0 Å². The number of rotatable bonds is 2. The average Bonchev–Trinajstić information content (AvgIpc) is 1.98. The highest BCUT2D eigenvalue weighted by Crippen LogP contribution is 2.13. The SMILES string of the molecule is C[C@@H](C(=O)O)N(S)C(=O)OC(C)(C)C. The molecule has 0 aliphatic heterocycles. The Hall–Kier alpha value is -0.910. The van der Waals surface area contributed by atoms with Gasteiger partial charge >= 0.3 is 12.1 Å². The van der Waals surface area contributed by atoms with Gasteiger partial charge in [-0.05, 0) is 27.7 Å². The summed E-state index contributed by atoms with van der Waals surface area (Å²) in [5.41, 5.74) is -0.656. The van der Waals surface area contributed by atoms with Gasteiger partial charge in [0.2, 0.25) is 0 Å². The Balaban J connectivity index is 4.33. The van der Waals surface area contributed by atoms with Crippen molar-refractivity contribution in [3.8, 4) is 0 Å². The van der Waals surface area contributed by atoms with Crippen molar-refractivity contribution in [2.75, 3.05) is 0 Å². The summed E-state index contributed by atoms with van der Waals surface area (Å²) in [5.74, 6) is -1.13. The molecular formula is C8H15NO4S. The molecule has 0 fully saturated rings. The van der Waals surface area contributed by atoms with E-state index in [9.17, 15) is 9.59 Å². The topological polar surface area (TPSA) is 66.8 Å². The third kappa shape index (κ3) is 4.36. The first-order valence-corrected chi connectivity index (χ1v) is 4.49. The quantitative estimate of drug-likeness (QED) is 0.694. The fourth-order valence-electron chi connectivity index (χ4n) is 0.571. The molecule has 0 aromatic carbocycles. The summed E-state index contributed by atoms with van der Waals surface area (Å²) in [5, 5.41) is 8.60. The minimum Gasteiger partial charge on any atom is -0.480 e. The minimum absolute atomic E-state index is 0.656. The number of carbonyl (C=O) groups excluding carboxylic acids is 1. The maximum Gasteiger partial charge on any atom is 0.421 e. The average molecular weight is 221 g/mol. The first kappa shape index (κ1) is 13.1. The molecule has 0 saturated carbocycles. The summed E-state index contributed by atoms with van der Waals surface area (Å²) >= 11 is 3.75. The second-order valence-corrected chi connectivity index (χ2v) is 4.27. The van der Waals surface area contributed by atoms with Crippen LogP contribution in [-0.4, -0.2) is 33.1 Å². The number of aliphatic carboxylic acids is 1. The summed E-state index contributed by atoms with van der Waals surface area (Å²) in [7, 11) is 0. The van der Waals surface area contributed by atoms with Crippen molar-refractivity contribution in [3.05, 3.63) is 0 Å². The van der Waals surface area contributed by atoms with Crippen molar-refractivity contribution < 1.29 is 19.4 Å². The highest BCUT2D eigenvalue weighted by atomic mass is 32.1. The lowest BCUT2D eigenvalue weighted by Gasteiger charge is -2.25. The molecule has 0 unspecified atom stereocenters. The number of hydrogen-bond donors (Lipinski definition) is 2. The van der Waals surface area contributed by atoms with E-state index in [1.54, 1.807) is 20.8 Å². The van der Waals surface area contributed by atoms with Crippen LogP contribution in [0.3, 0.4) is 0 Å². The van der Waals surface area contributed by atoms with E-state index in [4.69, 9.17) is 9.84 Å². The molecule has 0 saturated heterocycles. The van der Waals surface area contributed by atoms with Crippen molar-refractivity contribution in [3.63, 3.8) is 0 Å². The molecule has 82 valence electrons. The Morgan fingerprint density at radius 2 is 1.86 bits per heavy atom. The molecule has 1 amide bonds. The fraction of sp³-hybridized carbons (Fsp3) is 0.750. The van der Waals surface area contributed by atoms with Gasteiger partial charge in [-0.2, -0.15) is 0 Å². The molecule has 0 aromatic heterocycles. The van der Waals surface area contributed by atoms with Crippen molar-refractivity contribution in [1.29, 1.82) is 0 Å². The lowest BCUT2D eigenvalue weighted by atomic mass is 10.2. The van der Waals surface area contributed by atoms with Crippen LogP contribution in [0.25, 0.3) is 0 Å². The number of hydrogen-bond acceptors (Lipinski definition) is 4. The van der Waals surface area contributed by atoms with Gasteiger partial charge in [0, 0.05) is 0 Å². The molecule has 0 radical (unpaired) electrons. The van der Waals surface area contributed by atoms with Crippen LogP contribution >= 0.6 is 12.8 Å². The van der Waals surface area contributed by atoms with E-state index in [2.05, 4.69) is 12.8 Å². The van der Waals surface area contributed by atoms with E-state index < -0.39 is 23.7 Å². The van der Waals surface area contributed by atoms with Crippen LogP contribution in [0.15, 0.2) is 0 Å². The summed E-state index contributed by atoms with van der Waals surface area (Å²) in [6.45, 7) is 6.42. The number of carboxylic acid groups (broad SMARTS) is 1. The molecule has 0 spiro atoms. The maximum atomic E-state index is 11.3. The van der Waals surface area contributed by atoms with Crippen LogP contribution in [0.2, 0.25) is 0 Å². The van der Waals surface area contributed by atoms with Crippen LogP contribution in [0.5, 0.6) is 0 Å². The Labute approximate surface area is 88.6 Å². The molecule has 0 aliphatic rings. The van der Waals surface area contributed by atoms with Gasteiger partial charge in [-0.15, -0.1) is 0 Å². The summed E-state index contributed by atoms with van der Waals surface area (Å²) in [6, 6.07) is -1.02. The fourth-order valence-corrected chi connectivity index (χ4v) is 0.711. The highest BCUT2D eigenvalue weighted by molar-refractivity contribution is 7.78.